The first-order valence-electron chi connectivity index (χ1n) is 39.4. The number of amides is 2. The zero-order valence-corrected chi connectivity index (χ0v) is 67.5. The van der Waals surface area contributed by atoms with Crippen LogP contribution in [0, 0.1) is 0 Å². The van der Waals surface area contributed by atoms with Gasteiger partial charge in [0.25, 0.3) is 5.91 Å². The van der Waals surface area contributed by atoms with Crippen molar-refractivity contribution in [2.75, 3.05) is 234 Å². The van der Waals surface area contributed by atoms with Gasteiger partial charge < -0.3 is 98.0 Å². The molecule has 0 spiro atoms. The third-order valence-corrected chi connectivity index (χ3v) is 21.8. The lowest BCUT2D eigenvalue weighted by molar-refractivity contribution is 0.0240. The molecule has 31 nitrogen and oxygen atoms in total. The summed E-state index contributed by atoms with van der Waals surface area (Å²) in [5.74, 6) is 8.15. The topological polar surface area (TPSA) is 303 Å². The molecule has 0 bridgehead atoms. The van der Waals surface area contributed by atoms with E-state index in [0.29, 0.717) is 116 Å². The predicted molar refractivity (Wildman–Crippen MR) is 443 cm³/mol. The number of hydrogen-bond donors (Lipinski definition) is 4. The van der Waals surface area contributed by atoms with Crippen molar-refractivity contribution in [1.82, 2.24) is 59.5 Å². The summed E-state index contributed by atoms with van der Waals surface area (Å²) in [6.45, 7) is 22.2. The van der Waals surface area contributed by atoms with Gasteiger partial charge in [0, 0.05) is 217 Å². The summed E-state index contributed by atoms with van der Waals surface area (Å²) < 4.78 is 26.7. The van der Waals surface area contributed by atoms with Crippen LogP contribution in [0.1, 0.15) is 82.5 Å². The van der Waals surface area contributed by atoms with Crippen LogP contribution < -0.4 is 58.1 Å². The van der Waals surface area contributed by atoms with Crippen LogP contribution >= 0.6 is 0 Å². The van der Waals surface area contributed by atoms with Gasteiger partial charge in [0.15, 0.2) is 46.0 Å². The average molecular weight is 1550 g/mol. The third-order valence-electron chi connectivity index (χ3n) is 21.8. The number of likely N-dealkylation sites (N-methyl/N-ethyl adjacent to an activating group) is 1. The first-order chi connectivity index (χ1) is 54.4. The highest BCUT2D eigenvalue weighted by Gasteiger charge is 2.33. The number of phenols is 4. The number of anilines is 8. The van der Waals surface area contributed by atoms with Crippen molar-refractivity contribution < 1.29 is 53.7 Å². The van der Waals surface area contributed by atoms with Gasteiger partial charge in [-0.25, -0.2) is 24.7 Å². The van der Waals surface area contributed by atoms with Crippen molar-refractivity contribution in [3.63, 3.8) is 0 Å². The van der Waals surface area contributed by atoms with Gasteiger partial charge in [-0.15, -0.1) is 0 Å². The molecule has 604 valence electrons. The molecule has 31 heteroatoms. The normalized spacial score (nSPS) is 17.2. The van der Waals surface area contributed by atoms with Crippen LogP contribution in [0.2, 0.25) is 0 Å². The number of ether oxygens (including phenoxy) is 5. The van der Waals surface area contributed by atoms with Crippen LogP contribution in [0.3, 0.4) is 0 Å². The van der Waals surface area contributed by atoms with Gasteiger partial charge in [0.05, 0.1) is 50.5 Å². The molecule has 6 aliphatic heterocycles. The summed E-state index contributed by atoms with van der Waals surface area (Å²) >= 11 is 0. The van der Waals surface area contributed by atoms with Gasteiger partial charge in [0.2, 0.25) is 23.8 Å². The molecule has 1 aliphatic carbocycles. The second-order valence-electron chi connectivity index (χ2n) is 31.1. The smallest absolute Gasteiger partial charge is 0.410 e. The zero-order chi connectivity index (χ0) is 79.8. The maximum Gasteiger partial charge on any atom is 0.410 e. The number of benzene rings is 5. The van der Waals surface area contributed by atoms with Crippen molar-refractivity contribution >= 4 is 103 Å². The maximum atomic E-state index is 12.8. The minimum absolute atomic E-state index is 0.0572. The Kier molecular flexibility index (Phi) is 25.0. The highest BCUT2D eigenvalue weighted by atomic mass is 16.6. The van der Waals surface area contributed by atoms with Crippen LogP contribution in [0.15, 0.2) is 78.9 Å². The van der Waals surface area contributed by atoms with Crippen LogP contribution in [0.4, 0.5) is 51.9 Å². The number of methoxy groups -OCH3 is 4. The van der Waals surface area contributed by atoms with E-state index in [0.717, 1.165) is 166 Å². The lowest BCUT2D eigenvalue weighted by Gasteiger charge is -2.39. The predicted octanol–water partition coefficient (Wildman–Crippen LogP) is 9.54. The van der Waals surface area contributed by atoms with Gasteiger partial charge in [-0.1, -0.05) is 31.0 Å². The largest absolute Gasteiger partial charge is 0.504 e. The molecule has 0 atom stereocenters. The van der Waals surface area contributed by atoms with Crippen LogP contribution in [0.5, 0.6) is 46.0 Å². The van der Waals surface area contributed by atoms with E-state index in [1.165, 1.54) is 39.9 Å². The highest BCUT2D eigenvalue weighted by Crippen LogP contribution is 2.42. The molecular weight excluding hydrogens is 1440 g/mol. The van der Waals surface area contributed by atoms with E-state index in [1.807, 2.05) is 106 Å². The summed E-state index contributed by atoms with van der Waals surface area (Å²) in [5, 5.41) is 44.3. The number of aromatic nitrogens is 8. The first-order valence-corrected chi connectivity index (χ1v) is 39.4. The van der Waals surface area contributed by atoms with Crippen LogP contribution in [-0.4, -0.2) is 298 Å². The van der Waals surface area contributed by atoms with Crippen molar-refractivity contribution in [2.45, 2.75) is 83.8 Å². The highest BCUT2D eigenvalue weighted by molar-refractivity contribution is 5.97. The molecule has 16 rings (SSSR count). The maximum absolute atomic E-state index is 12.8. The first kappa shape index (κ1) is 80.0. The number of phenolic OH excluding ortho intramolecular Hbond substituents is 4. The Hall–Kier alpha value is -11.1. The molecule has 113 heavy (non-hydrogen) atoms. The van der Waals surface area contributed by atoms with Crippen molar-refractivity contribution in [3.8, 4) is 46.0 Å². The molecule has 7 fully saturated rings. The van der Waals surface area contributed by atoms with Crippen molar-refractivity contribution in [1.29, 1.82) is 0 Å². The van der Waals surface area contributed by atoms with Crippen molar-refractivity contribution in [3.05, 3.63) is 84.4 Å². The van der Waals surface area contributed by atoms with Gasteiger partial charge in [0.1, 0.15) is 28.9 Å². The minimum Gasteiger partial charge on any atom is -0.504 e. The fourth-order valence-corrected chi connectivity index (χ4v) is 15.5. The van der Waals surface area contributed by atoms with E-state index in [1.54, 1.807) is 55.5 Å². The molecule has 1 saturated carbocycles. The van der Waals surface area contributed by atoms with Gasteiger partial charge in [-0.2, -0.15) is 19.9 Å². The van der Waals surface area contributed by atoms with E-state index >= 15 is 0 Å². The molecule has 6 saturated heterocycles. The number of aromatic hydroxyl groups is 4. The Morgan fingerprint density at radius 3 is 1.09 bits per heavy atom. The monoisotopic (exact) mass is 1550 g/mol. The number of hydrogen-bond acceptors (Lipinski definition) is 29. The molecule has 0 unspecified atom stereocenters. The molecule has 7 aliphatic rings. The fraction of sp³-hybridized carbons (Fsp3) is 0.512. The number of rotatable bonds is 14. The summed E-state index contributed by atoms with van der Waals surface area (Å²) in [4.78, 5) is 89.0. The summed E-state index contributed by atoms with van der Waals surface area (Å²) in [6, 6.07) is 24.0. The number of nitrogens with zero attached hydrogens (tertiary/aromatic N) is 20. The molecule has 9 aromatic rings. The molecular formula is C82H110N20O11. The Bertz CT molecular complexity index is 4800. The second kappa shape index (κ2) is 35.3. The Balaban J connectivity index is 0.000000133. The molecule has 2 amide bonds. The Labute approximate surface area is 660 Å². The lowest BCUT2D eigenvalue weighted by Crippen LogP contribution is -2.50. The number of fused-ring (bicyclic) bond motifs is 4. The Morgan fingerprint density at radius 1 is 0.398 bits per heavy atom. The zero-order valence-electron chi connectivity index (χ0n) is 67.5. The van der Waals surface area contributed by atoms with E-state index < -0.39 is 5.60 Å². The van der Waals surface area contributed by atoms with Crippen LogP contribution in [0.25, 0.3) is 43.6 Å². The van der Waals surface area contributed by atoms with Gasteiger partial charge in [-0.3, -0.25) is 9.69 Å². The molecule has 0 radical (unpaired) electrons. The van der Waals surface area contributed by atoms with Crippen LogP contribution in [-0.2, 0) is 4.74 Å². The lowest BCUT2D eigenvalue weighted by atomic mass is 10.1. The SMILES string of the molecule is COc1cc2c(N3CCN(C(=O)OC(C)(C)C)CC3)nc(N3CCCC3)nc2cc1O.COc1cc2c(N3CCN(C(=O)c4ccccc4)CC3)nc(N3CCCC3)nc2cc1O.COc1cc2c(N3CCN(C)CC3)nc(N(C)C)nc2cc1O.COc1cc2c(N3CCN(C4CCCC4)CC3)nc(N(C)C)nc2cc1O. The Morgan fingerprint density at radius 2 is 0.735 bits per heavy atom. The fourth-order valence-electron chi connectivity index (χ4n) is 15.5. The summed E-state index contributed by atoms with van der Waals surface area (Å²) in [7, 11) is 16.0. The molecule has 10 heterocycles. The quantitative estimate of drug-likeness (QED) is 0.0787. The van der Waals surface area contributed by atoms with E-state index in [-0.39, 0.29) is 35.0 Å². The second-order valence-corrected chi connectivity index (χ2v) is 31.1. The number of carbonyl (C=O) groups is 2. The molecule has 4 N–H and O–H groups in total. The standard InChI is InChI=1S/C24H27N5O3.C22H31N5O4.C20H29N5O2.C16H23N5O2/c1-32-21-15-18-19(16-20(21)30)25-24(29-9-5-6-10-29)26-22(18)27-11-13-28(14-12-27)23(31)17-7-3-2-4-8-17;1-22(2,3)31-21(29)27-11-9-25(10-12-27)19-15-13-18(30-4)17(28)14-16(15)23-20(24-19)26-7-5-6-8-26;1-23(2)20-21-16-13-17(26)18(27-3)12-15(16)19(22-20)25-10-8-24(9-11-25)14-6-4-5-7-14;1-19(2)16-17-12-10-13(22)14(23-4)9-11(12)15(18-16)21-7-5-20(3)6-8-21/h2-4,7-8,15-16,30H,5-6,9-14H2,1H3;13-14,28H,5-12H2,1-4H3;12-14,26H,4-11H2,1-3H3;9-10,22H,5-8H2,1-4H3. The minimum atomic E-state index is -0.514. The van der Waals surface area contributed by atoms with Gasteiger partial charge >= 0.3 is 6.09 Å². The van der Waals surface area contributed by atoms with Gasteiger partial charge in [-0.05, 0) is 103 Å². The van der Waals surface area contributed by atoms with E-state index in [9.17, 15) is 30.0 Å². The number of piperazine rings is 4. The summed E-state index contributed by atoms with van der Waals surface area (Å²) in [5.41, 5.74) is 3.03. The van der Waals surface area contributed by atoms with E-state index in [2.05, 4.69) is 56.2 Å². The molecule has 5 aromatic carbocycles. The van der Waals surface area contributed by atoms with E-state index in [4.69, 9.17) is 53.6 Å². The van der Waals surface area contributed by atoms with Crippen molar-refractivity contribution in [2.24, 2.45) is 0 Å². The molecule has 4 aromatic heterocycles. The number of carbonyl (C=O) groups excluding carboxylic acids is 2. The average Bonchev–Trinajstić information content (AvgIpc) is 1.33. The summed E-state index contributed by atoms with van der Waals surface area (Å²) in [6.07, 6.45) is 9.65. The third kappa shape index (κ3) is 18.5.